The van der Waals surface area contributed by atoms with E-state index < -0.39 is 0 Å². The van der Waals surface area contributed by atoms with E-state index in [0.717, 1.165) is 17.5 Å². The molecule has 0 atom stereocenters. The van der Waals surface area contributed by atoms with E-state index in [1.54, 1.807) is 17.3 Å². The molecule has 0 bridgehead atoms. The molecule has 1 aromatic heterocycles. The third kappa shape index (κ3) is 6.93. The first-order chi connectivity index (χ1) is 12.0. The average molecular weight is 360 g/mol. The summed E-state index contributed by atoms with van der Waals surface area (Å²) in [5.74, 6) is -0.119. The second-order valence-electron chi connectivity index (χ2n) is 5.78. The molecule has 2 aromatic rings. The zero-order valence-corrected chi connectivity index (χ0v) is 15.0. The van der Waals surface area contributed by atoms with Crippen LogP contribution in [0.3, 0.4) is 0 Å². The highest BCUT2D eigenvalue weighted by molar-refractivity contribution is 6.30. The Morgan fingerprint density at radius 2 is 1.92 bits per heavy atom. The Morgan fingerprint density at radius 3 is 2.60 bits per heavy atom. The van der Waals surface area contributed by atoms with Crippen molar-refractivity contribution < 1.29 is 9.59 Å². The van der Waals surface area contributed by atoms with Crippen molar-refractivity contribution in [3.63, 3.8) is 0 Å². The molecule has 1 aromatic carbocycles. The van der Waals surface area contributed by atoms with Crippen LogP contribution in [-0.4, -0.2) is 34.8 Å². The van der Waals surface area contributed by atoms with Gasteiger partial charge in [0.1, 0.15) is 0 Å². The maximum Gasteiger partial charge on any atom is 0.221 e. The fraction of sp³-hybridized carbons (Fsp3) is 0.316. The van der Waals surface area contributed by atoms with Crippen molar-refractivity contribution in [2.24, 2.45) is 0 Å². The summed E-state index contributed by atoms with van der Waals surface area (Å²) in [5.41, 5.74) is 2.07. The molecule has 0 aliphatic carbocycles. The van der Waals surface area contributed by atoms with Crippen LogP contribution in [0.15, 0.2) is 48.8 Å². The summed E-state index contributed by atoms with van der Waals surface area (Å²) in [6, 6.07) is 11.3. The molecule has 0 fully saturated rings. The number of hydrogen-bond donors (Lipinski definition) is 1. The second kappa shape index (κ2) is 9.79. The third-order valence-electron chi connectivity index (χ3n) is 3.80. The maximum atomic E-state index is 12.0. The summed E-state index contributed by atoms with van der Waals surface area (Å²) in [6.07, 6.45) is 4.38. The van der Waals surface area contributed by atoms with E-state index in [1.807, 2.05) is 36.4 Å². The number of halogens is 1. The van der Waals surface area contributed by atoms with Gasteiger partial charge in [-0.1, -0.05) is 23.7 Å². The summed E-state index contributed by atoms with van der Waals surface area (Å²) in [6.45, 7) is 2.93. The lowest BCUT2D eigenvalue weighted by Crippen LogP contribution is -2.34. The van der Waals surface area contributed by atoms with Gasteiger partial charge in [0.15, 0.2) is 0 Å². The van der Waals surface area contributed by atoms with Gasteiger partial charge in [-0.25, -0.2) is 0 Å². The summed E-state index contributed by atoms with van der Waals surface area (Å²) >= 11 is 5.94. The van der Waals surface area contributed by atoms with E-state index in [0.29, 0.717) is 24.7 Å². The first-order valence-corrected chi connectivity index (χ1v) is 8.58. The van der Waals surface area contributed by atoms with Gasteiger partial charge in [-0.3, -0.25) is 14.6 Å². The predicted octanol–water partition coefficient (Wildman–Crippen LogP) is 2.83. The van der Waals surface area contributed by atoms with Gasteiger partial charge in [-0.15, -0.1) is 0 Å². The van der Waals surface area contributed by atoms with Gasteiger partial charge in [0.05, 0.1) is 0 Å². The summed E-state index contributed by atoms with van der Waals surface area (Å²) in [7, 11) is 0. The van der Waals surface area contributed by atoms with E-state index in [-0.39, 0.29) is 18.2 Å². The zero-order chi connectivity index (χ0) is 18.1. The topological polar surface area (TPSA) is 62.3 Å². The molecule has 2 amide bonds. The quantitative estimate of drug-likeness (QED) is 0.788. The fourth-order valence-electron chi connectivity index (χ4n) is 2.42. The molecule has 0 saturated heterocycles. The average Bonchev–Trinajstić information content (AvgIpc) is 2.59. The lowest BCUT2D eigenvalue weighted by molar-refractivity contribution is -0.130. The number of carbonyl (C=O) groups excluding carboxylic acids is 2. The lowest BCUT2D eigenvalue weighted by Gasteiger charge is -2.20. The summed E-state index contributed by atoms with van der Waals surface area (Å²) in [4.78, 5) is 29.4. The zero-order valence-electron chi connectivity index (χ0n) is 14.2. The smallest absolute Gasteiger partial charge is 0.221 e. The molecule has 2 rings (SSSR count). The Morgan fingerprint density at radius 1 is 1.16 bits per heavy atom. The number of hydrogen-bond acceptors (Lipinski definition) is 3. The van der Waals surface area contributed by atoms with Crippen molar-refractivity contribution in [2.45, 2.75) is 26.3 Å². The molecule has 6 heteroatoms. The number of nitrogens with zero attached hydrogens (tertiary/aromatic N) is 2. The Balaban J connectivity index is 1.74. The molecule has 1 heterocycles. The van der Waals surface area contributed by atoms with Crippen LogP contribution in [0.25, 0.3) is 0 Å². The van der Waals surface area contributed by atoms with Gasteiger partial charge in [-0.2, -0.15) is 0 Å². The molecular weight excluding hydrogens is 338 g/mol. The van der Waals surface area contributed by atoms with Crippen LogP contribution in [0.4, 0.5) is 0 Å². The van der Waals surface area contributed by atoms with Gasteiger partial charge in [-0.05, 0) is 41.8 Å². The van der Waals surface area contributed by atoms with E-state index in [1.165, 1.54) is 6.92 Å². The number of amides is 2. The van der Waals surface area contributed by atoms with Crippen LogP contribution in [0.5, 0.6) is 0 Å². The number of benzene rings is 1. The highest BCUT2D eigenvalue weighted by atomic mass is 35.5. The number of aromatic nitrogens is 1. The Kier molecular flexibility index (Phi) is 7.41. The van der Waals surface area contributed by atoms with E-state index in [2.05, 4.69) is 10.3 Å². The van der Waals surface area contributed by atoms with Crippen molar-refractivity contribution in [2.75, 3.05) is 13.1 Å². The molecule has 0 radical (unpaired) electrons. The van der Waals surface area contributed by atoms with Crippen LogP contribution in [0.2, 0.25) is 5.02 Å². The lowest BCUT2D eigenvalue weighted by atomic mass is 10.1. The van der Waals surface area contributed by atoms with Gasteiger partial charge in [0, 0.05) is 50.4 Å². The highest BCUT2D eigenvalue weighted by Gasteiger charge is 2.11. The molecule has 0 unspecified atom stereocenters. The van der Waals surface area contributed by atoms with E-state index in [9.17, 15) is 9.59 Å². The number of pyridine rings is 1. The Hall–Kier alpha value is -2.40. The number of rotatable bonds is 8. The molecule has 0 aliphatic rings. The first kappa shape index (κ1) is 18.9. The SMILES string of the molecule is CC(=O)N(CCC(=O)NCCc1cccc(Cl)c1)Cc1ccncc1. The van der Waals surface area contributed by atoms with Crippen molar-refractivity contribution in [1.29, 1.82) is 0 Å². The molecule has 5 nitrogen and oxygen atoms in total. The molecule has 25 heavy (non-hydrogen) atoms. The standard InChI is InChI=1S/C19H22ClN3O2/c1-15(24)23(14-17-5-9-21-10-6-17)12-8-19(25)22-11-7-16-3-2-4-18(20)13-16/h2-6,9-10,13H,7-8,11-12,14H2,1H3,(H,22,25). The Labute approximate surface area is 153 Å². The minimum atomic E-state index is -0.0667. The number of nitrogens with one attached hydrogen (secondary N) is 1. The molecule has 0 spiro atoms. The molecule has 0 aliphatic heterocycles. The van der Waals surface area contributed by atoms with E-state index >= 15 is 0 Å². The van der Waals surface area contributed by atoms with E-state index in [4.69, 9.17) is 11.6 Å². The monoisotopic (exact) mass is 359 g/mol. The van der Waals surface area contributed by atoms with Gasteiger partial charge >= 0.3 is 0 Å². The third-order valence-corrected chi connectivity index (χ3v) is 4.04. The van der Waals surface area contributed by atoms with Gasteiger partial charge in [0.25, 0.3) is 0 Å². The van der Waals surface area contributed by atoms with Crippen LogP contribution >= 0.6 is 11.6 Å². The van der Waals surface area contributed by atoms with Gasteiger partial charge < -0.3 is 10.2 Å². The van der Waals surface area contributed by atoms with Crippen LogP contribution in [-0.2, 0) is 22.6 Å². The second-order valence-corrected chi connectivity index (χ2v) is 6.21. The molecule has 1 N–H and O–H groups in total. The van der Waals surface area contributed by atoms with Crippen molar-refractivity contribution in [1.82, 2.24) is 15.2 Å². The van der Waals surface area contributed by atoms with Gasteiger partial charge in [0.2, 0.25) is 11.8 Å². The normalized spacial score (nSPS) is 10.3. The summed E-state index contributed by atoms with van der Waals surface area (Å²) in [5, 5.41) is 3.57. The molecule has 132 valence electrons. The summed E-state index contributed by atoms with van der Waals surface area (Å²) < 4.78 is 0. The minimum absolute atomic E-state index is 0.0523. The van der Waals surface area contributed by atoms with Crippen molar-refractivity contribution in [3.8, 4) is 0 Å². The minimum Gasteiger partial charge on any atom is -0.356 e. The Bertz CT molecular complexity index is 707. The van der Waals surface area contributed by atoms with Crippen molar-refractivity contribution >= 4 is 23.4 Å². The molecular formula is C19H22ClN3O2. The van der Waals surface area contributed by atoms with Crippen molar-refractivity contribution in [3.05, 3.63) is 64.9 Å². The van der Waals surface area contributed by atoms with Crippen LogP contribution in [0.1, 0.15) is 24.5 Å². The number of carbonyl (C=O) groups is 2. The first-order valence-electron chi connectivity index (χ1n) is 8.20. The van der Waals surface area contributed by atoms with Crippen LogP contribution < -0.4 is 5.32 Å². The predicted molar refractivity (Wildman–Crippen MR) is 98.1 cm³/mol. The highest BCUT2D eigenvalue weighted by Crippen LogP contribution is 2.10. The maximum absolute atomic E-state index is 12.0. The fourth-order valence-corrected chi connectivity index (χ4v) is 2.63. The molecule has 0 saturated carbocycles. The largest absolute Gasteiger partial charge is 0.356 e. The van der Waals surface area contributed by atoms with Crippen LogP contribution in [0, 0.1) is 0 Å².